The van der Waals surface area contributed by atoms with Gasteiger partial charge in [-0.3, -0.25) is 0 Å². The molecule has 4 nitrogen and oxygen atoms in total. The van der Waals surface area contributed by atoms with E-state index < -0.39 is 12.1 Å². The van der Waals surface area contributed by atoms with E-state index in [4.69, 9.17) is 10.4 Å². The van der Waals surface area contributed by atoms with E-state index >= 15 is 0 Å². The second-order valence-corrected chi connectivity index (χ2v) is 3.24. The van der Waals surface area contributed by atoms with Crippen LogP contribution in [0.2, 0.25) is 0 Å². The van der Waals surface area contributed by atoms with Gasteiger partial charge in [-0.15, -0.1) is 0 Å². The van der Waals surface area contributed by atoms with Crippen LogP contribution in [0.15, 0.2) is 12.2 Å². The maximum atomic E-state index is 10.8. The summed E-state index contributed by atoms with van der Waals surface area (Å²) in [5, 5.41) is 19.1. The summed E-state index contributed by atoms with van der Waals surface area (Å²) in [4.78, 5) is 10.8. The lowest BCUT2D eigenvalue weighted by Crippen LogP contribution is -2.20. The molecule has 0 saturated heterocycles. The van der Waals surface area contributed by atoms with Gasteiger partial charge in [0.25, 0.3) is 0 Å². The Morgan fingerprint density at radius 3 is 2.92 bits per heavy atom. The Kier molecular flexibility index (Phi) is 6.02. The van der Waals surface area contributed by atoms with Crippen LogP contribution in [0, 0.1) is 10.7 Å². The Morgan fingerprint density at radius 2 is 2.46 bits per heavy atom. The van der Waals surface area contributed by atoms with Gasteiger partial charge in [-0.1, -0.05) is 6.58 Å². The van der Waals surface area contributed by atoms with E-state index in [-0.39, 0.29) is 12.4 Å². The van der Waals surface area contributed by atoms with Crippen LogP contribution in [0.5, 0.6) is 0 Å². The molecule has 0 aliphatic rings. The molecule has 0 aromatic rings. The topological polar surface area (TPSA) is 70.3 Å². The number of nitrogens with zero attached hydrogens (tertiary/aromatic N) is 1. The maximum absolute atomic E-state index is 10.8. The van der Waals surface area contributed by atoms with Crippen molar-refractivity contribution in [2.24, 2.45) is 0 Å². The minimum atomic E-state index is -0.798. The second kappa shape index (κ2) is 6.52. The molecule has 1 N–H and O–H groups in total. The Balaban J connectivity index is 3.59. The monoisotopic (exact) mass is 201 g/mol. The minimum Gasteiger partial charge on any atom is -0.460 e. The first-order valence-corrected chi connectivity index (χ1v) is 4.58. The van der Waals surface area contributed by atoms with Crippen LogP contribution in [-0.4, -0.2) is 29.5 Å². The molecule has 0 rings (SSSR count). The zero-order chi connectivity index (χ0) is 10.3. The number of hydrogen-bond acceptors (Lipinski definition) is 5. The number of hydrogen-bond donors (Lipinski definition) is 1. The van der Waals surface area contributed by atoms with Crippen molar-refractivity contribution in [1.29, 1.82) is 5.26 Å². The minimum absolute atomic E-state index is 0.0969. The van der Waals surface area contributed by atoms with Crippen LogP contribution < -0.4 is 0 Å². The van der Waals surface area contributed by atoms with Crippen molar-refractivity contribution >= 4 is 17.7 Å². The largest absolute Gasteiger partial charge is 0.460 e. The van der Waals surface area contributed by atoms with Crippen molar-refractivity contribution in [3.05, 3.63) is 12.2 Å². The van der Waals surface area contributed by atoms with Gasteiger partial charge in [-0.2, -0.15) is 5.26 Å². The predicted octanol–water partition coefficient (Wildman–Crippen LogP) is 0.681. The van der Waals surface area contributed by atoms with Crippen molar-refractivity contribution < 1.29 is 14.6 Å². The fourth-order valence-corrected chi connectivity index (χ4v) is 0.840. The Labute approximate surface area is 81.2 Å². The summed E-state index contributed by atoms with van der Waals surface area (Å²) in [5.41, 5.74) is 0.292. The van der Waals surface area contributed by atoms with Gasteiger partial charge < -0.3 is 9.84 Å². The van der Waals surface area contributed by atoms with Crippen LogP contribution >= 0.6 is 11.8 Å². The third-order valence-electron chi connectivity index (χ3n) is 1.10. The third kappa shape index (κ3) is 6.20. The number of aliphatic hydroxyl groups is 1. The van der Waals surface area contributed by atoms with Gasteiger partial charge in [0, 0.05) is 11.3 Å². The number of esters is 1. The maximum Gasteiger partial charge on any atom is 0.333 e. The van der Waals surface area contributed by atoms with Crippen LogP contribution in [-0.2, 0) is 9.53 Å². The lowest BCUT2D eigenvalue weighted by atomic mass is 10.3. The van der Waals surface area contributed by atoms with E-state index in [1.165, 1.54) is 6.92 Å². The SMILES string of the molecule is C=C(C)C(=O)OCC(O)CSC#N. The summed E-state index contributed by atoms with van der Waals surface area (Å²) in [6, 6.07) is 0. The summed E-state index contributed by atoms with van der Waals surface area (Å²) in [5.74, 6) is -0.291. The molecular formula is C8H11NO3S. The molecule has 1 unspecified atom stereocenters. The average Bonchev–Trinajstić information content (AvgIpc) is 2.10. The van der Waals surface area contributed by atoms with E-state index in [0.717, 1.165) is 11.8 Å². The average molecular weight is 201 g/mol. The summed E-state index contributed by atoms with van der Waals surface area (Å²) < 4.78 is 4.65. The molecule has 0 heterocycles. The zero-order valence-corrected chi connectivity index (χ0v) is 8.13. The normalized spacial score (nSPS) is 11.5. The summed E-state index contributed by atoms with van der Waals surface area (Å²) in [7, 11) is 0. The van der Waals surface area contributed by atoms with E-state index in [1.807, 2.05) is 5.40 Å². The number of carbonyl (C=O) groups is 1. The highest BCUT2D eigenvalue weighted by molar-refractivity contribution is 8.03. The molecule has 0 saturated carbocycles. The molecule has 0 bridgehead atoms. The van der Waals surface area contributed by atoms with Crippen molar-refractivity contribution in [2.75, 3.05) is 12.4 Å². The van der Waals surface area contributed by atoms with Crippen molar-refractivity contribution in [2.45, 2.75) is 13.0 Å². The summed E-state index contributed by atoms with van der Waals surface area (Å²) in [6.45, 7) is 4.81. The number of nitriles is 1. The Bertz CT molecular complexity index is 234. The number of carbonyl (C=O) groups excluding carboxylic acids is 1. The predicted molar refractivity (Wildman–Crippen MR) is 49.9 cm³/mol. The van der Waals surface area contributed by atoms with E-state index in [1.54, 1.807) is 0 Å². The summed E-state index contributed by atoms with van der Waals surface area (Å²) >= 11 is 0.918. The van der Waals surface area contributed by atoms with E-state index in [0.29, 0.717) is 5.57 Å². The van der Waals surface area contributed by atoms with Gasteiger partial charge in [0.05, 0.1) is 6.10 Å². The van der Waals surface area contributed by atoms with Crippen molar-refractivity contribution in [3.63, 3.8) is 0 Å². The highest BCUT2D eigenvalue weighted by atomic mass is 32.2. The van der Waals surface area contributed by atoms with Gasteiger partial charge in [0.1, 0.15) is 12.0 Å². The number of thiocyanates is 1. The number of rotatable bonds is 5. The fourth-order valence-electron chi connectivity index (χ4n) is 0.477. The molecule has 0 fully saturated rings. The zero-order valence-electron chi connectivity index (χ0n) is 7.32. The van der Waals surface area contributed by atoms with Gasteiger partial charge in [-0.25, -0.2) is 4.79 Å². The second-order valence-electron chi connectivity index (χ2n) is 2.43. The van der Waals surface area contributed by atoms with Crippen molar-refractivity contribution in [1.82, 2.24) is 0 Å². The number of aliphatic hydroxyl groups excluding tert-OH is 1. The molecule has 0 amide bonds. The molecule has 0 aromatic heterocycles. The van der Waals surface area contributed by atoms with Gasteiger partial charge >= 0.3 is 5.97 Å². The number of ether oxygens (including phenoxy) is 1. The molecular weight excluding hydrogens is 190 g/mol. The van der Waals surface area contributed by atoms with E-state index in [9.17, 15) is 4.79 Å². The van der Waals surface area contributed by atoms with Crippen LogP contribution in [0.25, 0.3) is 0 Å². The standard InChI is InChI=1S/C8H11NO3S/c1-6(2)8(11)12-3-7(10)4-13-5-9/h7,10H,1,3-4H2,2H3. The first-order chi connectivity index (χ1) is 6.07. The Hall–Kier alpha value is -0.990. The van der Waals surface area contributed by atoms with Gasteiger partial charge in [-0.05, 0) is 18.7 Å². The molecule has 0 aliphatic heterocycles. The quantitative estimate of drug-likeness (QED) is 0.402. The summed E-state index contributed by atoms with van der Waals surface area (Å²) in [6.07, 6.45) is -0.798. The van der Waals surface area contributed by atoms with Crippen molar-refractivity contribution in [3.8, 4) is 5.40 Å². The van der Waals surface area contributed by atoms with Crippen LogP contribution in [0.1, 0.15) is 6.92 Å². The van der Waals surface area contributed by atoms with Gasteiger partial charge in [0.15, 0.2) is 0 Å². The Morgan fingerprint density at radius 1 is 1.85 bits per heavy atom. The fraction of sp³-hybridized carbons (Fsp3) is 0.500. The lowest BCUT2D eigenvalue weighted by Gasteiger charge is -2.08. The highest BCUT2D eigenvalue weighted by Crippen LogP contribution is 2.01. The lowest BCUT2D eigenvalue weighted by molar-refractivity contribution is -0.141. The molecule has 0 spiro atoms. The molecule has 13 heavy (non-hydrogen) atoms. The van der Waals surface area contributed by atoms with Crippen LogP contribution in [0.3, 0.4) is 0 Å². The first-order valence-electron chi connectivity index (χ1n) is 3.59. The highest BCUT2D eigenvalue weighted by Gasteiger charge is 2.08. The molecule has 0 aromatic carbocycles. The smallest absolute Gasteiger partial charge is 0.333 e. The first kappa shape index (κ1) is 12.0. The molecule has 5 heteroatoms. The molecule has 1 atom stereocenters. The van der Waals surface area contributed by atoms with Gasteiger partial charge in [0.2, 0.25) is 0 Å². The van der Waals surface area contributed by atoms with Crippen LogP contribution in [0.4, 0.5) is 0 Å². The molecule has 0 aliphatic carbocycles. The molecule has 0 radical (unpaired) electrons. The molecule has 72 valence electrons. The number of thioether (sulfide) groups is 1. The third-order valence-corrected chi connectivity index (χ3v) is 1.78. The van der Waals surface area contributed by atoms with E-state index in [2.05, 4.69) is 11.3 Å².